The third-order valence-corrected chi connectivity index (χ3v) is 5.64. The average Bonchev–Trinajstić information content (AvgIpc) is 3.01. The minimum atomic E-state index is -3.72. The van der Waals surface area contributed by atoms with Crippen LogP contribution in [0.3, 0.4) is 0 Å². The molecule has 1 aromatic carbocycles. The summed E-state index contributed by atoms with van der Waals surface area (Å²) in [7, 11) is -2.24. The van der Waals surface area contributed by atoms with Crippen LogP contribution in [0, 0.1) is 11.6 Å². The lowest BCUT2D eigenvalue weighted by molar-refractivity contribution is -0.0473. The van der Waals surface area contributed by atoms with Crippen molar-refractivity contribution in [3.8, 4) is 0 Å². The molecule has 0 aromatic heterocycles. The maximum Gasteiger partial charge on any atom is 0.414 e. The van der Waals surface area contributed by atoms with Gasteiger partial charge in [0.05, 0.1) is 30.7 Å². The van der Waals surface area contributed by atoms with Crippen molar-refractivity contribution in [2.75, 3.05) is 56.0 Å². The highest BCUT2D eigenvalue weighted by Gasteiger charge is 2.36. The number of rotatable bonds is 7. The second-order valence-electron chi connectivity index (χ2n) is 7.51. The highest BCUT2D eigenvalue weighted by atomic mass is 32.2. The average molecular weight is 450 g/mol. The van der Waals surface area contributed by atoms with E-state index in [1.807, 2.05) is 0 Å². The topological polar surface area (TPSA) is 106 Å². The standard InChI is InChI=1S/C18H24F2N2O7S/c1-27-11-18(24)3-5-21(6-4-18)16-14(19)7-12(8-15(16)20)22-9-13(29-17(22)23)10-28-30(2,25)26/h7-8,13,24H,3-6,9-11H2,1-2H3. The van der Waals surface area contributed by atoms with Gasteiger partial charge in [-0.15, -0.1) is 0 Å². The van der Waals surface area contributed by atoms with E-state index < -0.39 is 39.6 Å². The van der Waals surface area contributed by atoms with Crippen molar-refractivity contribution in [3.05, 3.63) is 23.8 Å². The van der Waals surface area contributed by atoms with Gasteiger partial charge in [0, 0.05) is 32.3 Å². The van der Waals surface area contributed by atoms with E-state index in [1.54, 1.807) is 0 Å². The molecule has 3 rings (SSSR count). The van der Waals surface area contributed by atoms with Gasteiger partial charge in [0.2, 0.25) is 0 Å². The zero-order chi connectivity index (χ0) is 22.1. The molecule has 1 amide bonds. The van der Waals surface area contributed by atoms with E-state index in [0.717, 1.165) is 23.3 Å². The monoisotopic (exact) mass is 450 g/mol. The predicted octanol–water partition coefficient (Wildman–Crippen LogP) is 1.24. The molecule has 168 valence electrons. The summed E-state index contributed by atoms with van der Waals surface area (Å²) in [5.41, 5.74) is -1.31. The number of aliphatic hydroxyl groups is 1. The van der Waals surface area contributed by atoms with Crippen molar-refractivity contribution in [1.82, 2.24) is 0 Å². The van der Waals surface area contributed by atoms with Gasteiger partial charge in [0.1, 0.15) is 18.4 Å². The number of piperidine rings is 1. The molecular formula is C18H24F2N2O7S. The summed E-state index contributed by atoms with van der Waals surface area (Å²) < 4.78 is 66.3. The lowest BCUT2D eigenvalue weighted by atomic mass is 9.92. The molecule has 2 fully saturated rings. The molecule has 1 unspecified atom stereocenters. The smallest absolute Gasteiger partial charge is 0.414 e. The Hall–Kier alpha value is -2.02. The quantitative estimate of drug-likeness (QED) is 0.619. The van der Waals surface area contributed by atoms with Crippen LogP contribution in [0.15, 0.2) is 12.1 Å². The summed E-state index contributed by atoms with van der Waals surface area (Å²) in [4.78, 5) is 14.6. The first-order valence-electron chi connectivity index (χ1n) is 9.29. The molecule has 9 nitrogen and oxygen atoms in total. The largest absolute Gasteiger partial charge is 0.441 e. The fraction of sp³-hybridized carbons (Fsp3) is 0.611. The Balaban J connectivity index is 1.72. The van der Waals surface area contributed by atoms with Gasteiger partial charge in [-0.05, 0) is 12.8 Å². The Bertz CT molecular complexity index is 881. The van der Waals surface area contributed by atoms with Crippen LogP contribution < -0.4 is 9.80 Å². The van der Waals surface area contributed by atoms with Gasteiger partial charge in [0.25, 0.3) is 10.1 Å². The molecule has 0 saturated carbocycles. The summed E-state index contributed by atoms with van der Waals surface area (Å²) in [6.45, 7) is 0.127. The van der Waals surface area contributed by atoms with Gasteiger partial charge in [-0.1, -0.05) is 0 Å². The molecule has 2 aliphatic heterocycles. The highest BCUT2D eigenvalue weighted by molar-refractivity contribution is 7.85. The molecule has 1 aromatic rings. The lowest BCUT2D eigenvalue weighted by Gasteiger charge is -2.39. The van der Waals surface area contributed by atoms with E-state index in [9.17, 15) is 27.1 Å². The van der Waals surface area contributed by atoms with Gasteiger partial charge in [-0.2, -0.15) is 8.42 Å². The van der Waals surface area contributed by atoms with Crippen molar-refractivity contribution in [2.24, 2.45) is 0 Å². The van der Waals surface area contributed by atoms with Crippen molar-refractivity contribution >= 4 is 27.6 Å². The summed E-state index contributed by atoms with van der Waals surface area (Å²) >= 11 is 0. The van der Waals surface area contributed by atoms with Crippen molar-refractivity contribution < 1.29 is 40.8 Å². The van der Waals surface area contributed by atoms with Crippen LogP contribution in [-0.4, -0.2) is 77.5 Å². The maximum absolute atomic E-state index is 14.8. The first-order chi connectivity index (χ1) is 14.0. The summed E-state index contributed by atoms with van der Waals surface area (Å²) in [5, 5.41) is 10.4. The molecule has 30 heavy (non-hydrogen) atoms. The van der Waals surface area contributed by atoms with E-state index in [2.05, 4.69) is 4.18 Å². The Morgan fingerprint density at radius 3 is 2.40 bits per heavy atom. The second-order valence-corrected chi connectivity index (χ2v) is 9.15. The second kappa shape index (κ2) is 8.61. The number of amides is 1. The SMILES string of the molecule is COCC1(O)CCN(c2c(F)cc(N3CC(COS(C)(=O)=O)OC3=O)cc2F)CC1. The lowest BCUT2D eigenvalue weighted by Crippen LogP contribution is -2.47. The summed E-state index contributed by atoms with van der Waals surface area (Å²) in [6.07, 6.45) is -0.296. The van der Waals surface area contributed by atoms with Crippen molar-refractivity contribution in [2.45, 2.75) is 24.5 Å². The summed E-state index contributed by atoms with van der Waals surface area (Å²) in [5.74, 6) is -1.71. The third-order valence-electron chi connectivity index (χ3n) is 5.08. The highest BCUT2D eigenvalue weighted by Crippen LogP contribution is 2.34. The fourth-order valence-corrected chi connectivity index (χ4v) is 3.99. The van der Waals surface area contributed by atoms with Crippen LogP contribution in [-0.2, 0) is 23.8 Å². The zero-order valence-electron chi connectivity index (χ0n) is 16.6. The van der Waals surface area contributed by atoms with Gasteiger partial charge in [-0.25, -0.2) is 13.6 Å². The summed E-state index contributed by atoms with van der Waals surface area (Å²) in [6, 6.07) is 2.05. The Morgan fingerprint density at radius 2 is 1.87 bits per heavy atom. The van der Waals surface area contributed by atoms with E-state index >= 15 is 0 Å². The normalized spacial score (nSPS) is 21.8. The number of methoxy groups -OCH3 is 1. The number of ether oxygens (including phenoxy) is 2. The number of hydrogen-bond acceptors (Lipinski definition) is 8. The van der Waals surface area contributed by atoms with Crippen LogP contribution >= 0.6 is 0 Å². The zero-order valence-corrected chi connectivity index (χ0v) is 17.5. The third kappa shape index (κ3) is 5.17. The Labute approximate surface area is 173 Å². The number of carbonyl (C=O) groups excluding carboxylic acids is 1. The molecule has 1 atom stereocenters. The molecule has 2 aliphatic rings. The van der Waals surface area contributed by atoms with E-state index in [1.165, 1.54) is 12.0 Å². The van der Waals surface area contributed by atoms with E-state index in [-0.39, 0.29) is 44.2 Å². The fourth-order valence-electron chi connectivity index (χ4n) is 3.59. The molecule has 2 heterocycles. The molecule has 0 spiro atoms. The molecular weight excluding hydrogens is 426 g/mol. The van der Waals surface area contributed by atoms with Crippen LogP contribution in [0.5, 0.6) is 0 Å². The van der Waals surface area contributed by atoms with Crippen LogP contribution in [0.25, 0.3) is 0 Å². The first-order valence-corrected chi connectivity index (χ1v) is 11.1. The number of halogens is 2. The van der Waals surface area contributed by atoms with Crippen LogP contribution in [0.2, 0.25) is 0 Å². The van der Waals surface area contributed by atoms with Gasteiger partial charge in [-0.3, -0.25) is 9.08 Å². The minimum Gasteiger partial charge on any atom is -0.441 e. The molecule has 2 saturated heterocycles. The predicted molar refractivity (Wildman–Crippen MR) is 103 cm³/mol. The van der Waals surface area contributed by atoms with Crippen LogP contribution in [0.4, 0.5) is 25.0 Å². The number of cyclic esters (lactones) is 1. The minimum absolute atomic E-state index is 0.0477. The van der Waals surface area contributed by atoms with Gasteiger partial charge >= 0.3 is 6.09 Å². The van der Waals surface area contributed by atoms with Gasteiger partial charge < -0.3 is 19.5 Å². The van der Waals surface area contributed by atoms with E-state index in [4.69, 9.17) is 9.47 Å². The van der Waals surface area contributed by atoms with Crippen LogP contribution in [0.1, 0.15) is 12.8 Å². The number of anilines is 2. The number of benzene rings is 1. The molecule has 0 aliphatic carbocycles. The number of nitrogens with zero attached hydrogens (tertiary/aromatic N) is 2. The number of carbonyl (C=O) groups is 1. The first kappa shape index (κ1) is 22.7. The maximum atomic E-state index is 14.8. The van der Waals surface area contributed by atoms with Crippen molar-refractivity contribution in [3.63, 3.8) is 0 Å². The number of hydrogen-bond donors (Lipinski definition) is 1. The molecule has 0 bridgehead atoms. The Kier molecular flexibility index (Phi) is 6.51. The van der Waals surface area contributed by atoms with Crippen molar-refractivity contribution in [1.29, 1.82) is 0 Å². The molecule has 0 radical (unpaired) electrons. The van der Waals surface area contributed by atoms with E-state index in [0.29, 0.717) is 12.8 Å². The van der Waals surface area contributed by atoms with Gasteiger partial charge in [0.15, 0.2) is 11.6 Å². The Morgan fingerprint density at radius 1 is 1.27 bits per heavy atom. The molecule has 1 N–H and O–H groups in total. The molecule has 12 heteroatoms.